The summed E-state index contributed by atoms with van der Waals surface area (Å²) in [5.41, 5.74) is 5.33. The van der Waals surface area contributed by atoms with Gasteiger partial charge in [0.1, 0.15) is 4.90 Å². The van der Waals surface area contributed by atoms with Gasteiger partial charge in [-0.1, -0.05) is 13.8 Å². The van der Waals surface area contributed by atoms with Gasteiger partial charge in [-0.05, 0) is 12.8 Å². The summed E-state index contributed by atoms with van der Waals surface area (Å²) in [4.78, 5) is 7.51. The van der Waals surface area contributed by atoms with E-state index in [0.29, 0.717) is 13.1 Å². The van der Waals surface area contributed by atoms with E-state index in [4.69, 9.17) is 5.73 Å². The van der Waals surface area contributed by atoms with E-state index < -0.39 is 10.0 Å². The molecule has 0 bridgehead atoms. The van der Waals surface area contributed by atoms with Crippen LogP contribution in [0.4, 0.5) is 5.95 Å². The highest BCUT2D eigenvalue weighted by Gasteiger charge is 2.23. The third kappa shape index (κ3) is 3.37. The van der Waals surface area contributed by atoms with Gasteiger partial charge < -0.3 is 5.73 Å². The summed E-state index contributed by atoms with van der Waals surface area (Å²) < 4.78 is 25.9. The monoisotopic (exact) mass is 258 g/mol. The molecule has 0 saturated heterocycles. The molecule has 2 N–H and O–H groups in total. The van der Waals surface area contributed by atoms with Crippen molar-refractivity contribution in [3.63, 3.8) is 0 Å². The molecule has 0 saturated carbocycles. The van der Waals surface area contributed by atoms with Gasteiger partial charge in [-0.2, -0.15) is 4.31 Å². The van der Waals surface area contributed by atoms with Crippen molar-refractivity contribution in [2.75, 3.05) is 18.8 Å². The van der Waals surface area contributed by atoms with Crippen molar-refractivity contribution in [3.8, 4) is 0 Å². The second-order valence-electron chi connectivity index (χ2n) is 3.68. The predicted molar refractivity (Wildman–Crippen MR) is 65.8 cm³/mol. The van der Waals surface area contributed by atoms with Crippen molar-refractivity contribution in [2.45, 2.75) is 31.6 Å². The Balaban J connectivity index is 3.02. The van der Waals surface area contributed by atoms with Gasteiger partial charge in [0, 0.05) is 13.1 Å². The smallest absolute Gasteiger partial charge is 0.246 e. The van der Waals surface area contributed by atoms with E-state index in [2.05, 4.69) is 9.97 Å². The third-order valence-corrected chi connectivity index (χ3v) is 4.08. The highest BCUT2D eigenvalue weighted by Crippen LogP contribution is 2.14. The van der Waals surface area contributed by atoms with Crippen molar-refractivity contribution in [3.05, 3.63) is 12.4 Å². The van der Waals surface area contributed by atoms with Gasteiger partial charge in [0.2, 0.25) is 16.0 Å². The van der Waals surface area contributed by atoms with Crippen molar-refractivity contribution >= 4 is 16.0 Å². The quantitative estimate of drug-likeness (QED) is 0.817. The molecule has 0 radical (unpaired) electrons. The molecule has 96 valence electrons. The summed E-state index contributed by atoms with van der Waals surface area (Å²) in [5, 5.41) is 0. The summed E-state index contributed by atoms with van der Waals surface area (Å²) in [6.45, 7) is 4.89. The zero-order chi connectivity index (χ0) is 12.9. The average Bonchev–Trinajstić information content (AvgIpc) is 2.29. The number of anilines is 1. The van der Waals surface area contributed by atoms with Crippen LogP contribution in [-0.2, 0) is 10.0 Å². The van der Waals surface area contributed by atoms with Crippen LogP contribution < -0.4 is 5.73 Å². The Labute approximate surface area is 102 Å². The van der Waals surface area contributed by atoms with E-state index in [1.807, 2.05) is 13.8 Å². The number of sulfonamides is 1. The normalized spacial score (nSPS) is 11.9. The molecule has 7 heteroatoms. The molecule has 0 amide bonds. The van der Waals surface area contributed by atoms with Crippen LogP contribution in [0.25, 0.3) is 0 Å². The number of hydrogen-bond acceptors (Lipinski definition) is 5. The molecular formula is C10H18N4O2S. The molecule has 1 heterocycles. The molecule has 0 atom stereocenters. The first-order chi connectivity index (χ1) is 8.02. The number of nitrogens with two attached hydrogens (primary N) is 1. The molecule has 17 heavy (non-hydrogen) atoms. The van der Waals surface area contributed by atoms with Gasteiger partial charge in [-0.25, -0.2) is 18.4 Å². The molecule has 6 nitrogen and oxygen atoms in total. The Bertz CT molecular complexity index is 438. The summed E-state index contributed by atoms with van der Waals surface area (Å²) in [6.07, 6.45) is 4.04. The van der Waals surface area contributed by atoms with Crippen molar-refractivity contribution < 1.29 is 8.42 Å². The summed E-state index contributed by atoms with van der Waals surface area (Å²) in [7, 11) is -3.49. The lowest BCUT2D eigenvalue weighted by Gasteiger charge is -2.20. The number of nitrogen functional groups attached to an aromatic ring is 1. The van der Waals surface area contributed by atoms with Crippen molar-refractivity contribution in [1.82, 2.24) is 14.3 Å². The molecule has 0 unspecified atom stereocenters. The van der Waals surface area contributed by atoms with Gasteiger partial charge in [-0.3, -0.25) is 0 Å². The van der Waals surface area contributed by atoms with Crippen LogP contribution in [0.3, 0.4) is 0 Å². The number of aromatic nitrogens is 2. The van der Waals surface area contributed by atoms with Crippen LogP contribution >= 0.6 is 0 Å². The van der Waals surface area contributed by atoms with Crippen LogP contribution in [-0.4, -0.2) is 35.8 Å². The molecule has 1 aromatic heterocycles. The van der Waals surface area contributed by atoms with E-state index >= 15 is 0 Å². The van der Waals surface area contributed by atoms with E-state index in [1.165, 1.54) is 16.7 Å². The lowest BCUT2D eigenvalue weighted by atomic mass is 10.4. The molecule has 0 aliphatic rings. The van der Waals surface area contributed by atoms with Gasteiger partial charge in [0.15, 0.2) is 0 Å². The summed E-state index contributed by atoms with van der Waals surface area (Å²) in [5.74, 6) is 0.0708. The zero-order valence-corrected chi connectivity index (χ0v) is 10.9. The minimum atomic E-state index is -3.49. The topological polar surface area (TPSA) is 89.2 Å². The third-order valence-electron chi connectivity index (χ3n) is 2.23. The largest absolute Gasteiger partial charge is 0.368 e. The molecular weight excluding hydrogens is 240 g/mol. The molecule has 0 aromatic carbocycles. The molecule has 0 aliphatic carbocycles. The highest BCUT2D eigenvalue weighted by molar-refractivity contribution is 7.89. The van der Waals surface area contributed by atoms with E-state index in [9.17, 15) is 8.42 Å². The van der Waals surface area contributed by atoms with Crippen molar-refractivity contribution in [2.24, 2.45) is 0 Å². The fourth-order valence-electron chi connectivity index (χ4n) is 1.46. The lowest BCUT2D eigenvalue weighted by molar-refractivity contribution is 0.409. The molecule has 0 spiro atoms. The van der Waals surface area contributed by atoms with E-state index in [-0.39, 0.29) is 10.8 Å². The Hall–Kier alpha value is -1.21. The van der Waals surface area contributed by atoms with Gasteiger partial charge in [0.05, 0.1) is 12.4 Å². The maximum absolute atomic E-state index is 12.2. The highest BCUT2D eigenvalue weighted by atomic mass is 32.2. The maximum Gasteiger partial charge on any atom is 0.246 e. The molecule has 1 aromatic rings. The van der Waals surface area contributed by atoms with Crippen LogP contribution in [0.5, 0.6) is 0 Å². The minimum absolute atomic E-state index is 0.0708. The maximum atomic E-state index is 12.2. The number of nitrogens with zero attached hydrogens (tertiary/aromatic N) is 3. The average molecular weight is 258 g/mol. The Morgan fingerprint density at radius 2 is 1.65 bits per heavy atom. The number of rotatable bonds is 6. The number of hydrogen-bond donors (Lipinski definition) is 1. The van der Waals surface area contributed by atoms with Gasteiger partial charge in [0.25, 0.3) is 0 Å². The van der Waals surface area contributed by atoms with Crippen LogP contribution in [0.15, 0.2) is 17.3 Å². The Morgan fingerprint density at radius 1 is 1.18 bits per heavy atom. The fraction of sp³-hybridized carbons (Fsp3) is 0.600. The standard InChI is InChI=1S/C10H18N4O2S/c1-3-5-14(6-4-2)17(15,16)9-7-12-10(11)13-8-9/h7-8H,3-6H2,1-2H3,(H2,11,12,13). The first-order valence-corrected chi connectivity index (χ1v) is 7.04. The van der Waals surface area contributed by atoms with Crippen LogP contribution in [0.2, 0.25) is 0 Å². The summed E-state index contributed by atoms with van der Waals surface area (Å²) in [6, 6.07) is 0. The van der Waals surface area contributed by atoms with E-state index in [0.717, 1.165) is 12.8 Å². The predicted octanol–water partition coefficient (Wildman–Crippen LogP) is 0.869. The molecule has 1 rings (SSSR count). The second-order valence-corrected chi connectivity index (χ2v) is 5.62. The molecule has 0 aliphatic heterocycles. The molecule has 0 fully saturated rings. The second kappa shape index (κ2) is 5.92. The fourth-order valence-corrected chi connectivity index (χ4v) is 2.98. The zero-order valence-electron chi connectivity index (χ0n) is 10.1. The first kappa shape index (κ1) is 13.9. The van der Waals surface area contributed by atoms with Crippen molar-refractivity contribution in [1.29, 1.82) is 0 Å². The Kier molecular flexibility index (Phi) is 4.83. The van der Waals surface area contributed by atoms with E-state index in [1.54, 1.807) is 0 Å². The van der Waals surface area contributed by atoms with Gasteiger partial charge in [-0.15, -0.1) is 0 Å². The van der Waals surface area contributed by atoms with Crippen LogP contribution in [0, 0.1) is 0 Å². The lowest BCUT2D eigenvalue weighted by Crippen LogP contribution is -2.32. The first-order valence-electron chi connectivity index (χ1n) is 5.60. The SMILES string of the molecule is CCCN(CCC)S(=O)(=O)c1cnc(N)nc1. The summed E-state index contributed by atoms with van der Waals surface area (Å²) >= 11 is 0. The van der Waals surface area contributed by atoms with Crippen LogP contribution in [0.1, 0.15) is 26.7 Å². The Morgan fingerprint density at radius 3 is 2.06 bits per heavy atom. The minimum Gasteiger partial charge on any atom is -0.368 e. The van der Waals surface area contributed by atoms with Gasteiger partial charge >= 0.3 is 0 Å².